The average Bonchev–Trinajstić information content (AvgIpc) is 2.94. The van der Waals surface area contributed by atoms with Gasteiger partial charge in [0.2, 0.25) is 0 Å². The average molecular weight is 314 g/mol. The number of carboxylic acids is 1. The monoisotopic (exact) mass is 314 g/mol. The summed E-state index contributed by atoms with van der Waals surface area (Å²) in [6.45, 7) is -0.735. The number of amides is 1. The molecule has 8 heteroatoms. The second kappa shape index (κ2) is 5.83. The van der Waals surface area contributed by atoms with E-state index in [1.54, 1.807) is 6.08 Å². The molecule has 100 valence electrons. The molecular weight excluding hydrogens is 306 g/mol. The van der Waals surface area contributed by atoms with E-state index in [0.29, 0.717) is 4.91 Å². The lowest BCUT2D eigenvalue weighted by molar-refractivity contribution is -0.311. The van der Waals surface area contributed by atoms with Gasteiger partial charge < -0.3 is 15.0 Å². The molecule has 0 saturated carbocycles. The van der Waals surface area contributed by atoms with E-state index in [9.17, 15) is 14.7 Å². The fourth-order valence-electron chi connectivity index (χ4n) is 1.51. The molecule has 1 N–H and O–H groups in total. The summed E-state index contributed by atoms with van der Waals surface area (Å²) in [4.78, 5) is 25.1. The minimum absolute atomic E-state index is 0.107. The van der Waals surface area contributed by atoms with Gasteiger partial charge in [0, 0.05) is 4.88 Å². The van der Waals surface area contributed by atoms with E-state index in [-0.39, 0.29) is 4.32 Å². The number of carbonyl (C=O) groups excluding carboxylic acids is 2. The van der Waals surface area contributed by atoms with Crippen molar-refractivity contribution in [3.05, 3.63) is 27.3 Å². The highest BCUT2D eigenvalue weighted by Crippen LogP contribution is 2.34. The van der Waals surface area contributed by atoms with Crippen LogP contribution in [0.5, 0.6) is 0 Å². The van der Waals surface area contributed by atoms with Gasteiger partial charge in [-0.15, -0.1) is 11.3 Å². The van der Waals surface area contributed by atoms with E-state index >= 15 is 0 Å². The van der Waals surface area contributed by atoms with Crippen LogP contribution in [0, 0.1) is 0 Å². The molecule has 2 heterocycles. The van der Waals surface area contributed by atoms with E-state index in [4.69, 9.17) is 17.3 Å². The number of aliphatic carboxylic acids is 1. The van der Waals surface area contributed by atoms with Crippen LogP contribution in [0.2, 0.25) is 0 Å². The first-order valence-corrected chi connectivity index (χ1v) is 7.27. The zero-order chi connectivity index (χ0) is 14.0. The van der Waals surface area contributed by atoms with E-state index in [1.165, 1.54) is 11.3 Å². The largest absolute Gasteiger partial charge is 0.548 e. The number of thioether (sulfide) groups is 1. The van der Waals surface area contributed by atoms with Crippen molar-refractivity contribution >= 4 is 57.6 Å². The summed E-state index contributed by atoms with van der Waals surface area (Å²) in [6, 6.07) is 2.23. The molecule has 0 spiro atoms. The van der Waals surface area contributed by atoms with E-state index in [0.717, 1.165) is 21.5 Å². The van der Waals surface area contributed by atoms with Gasteiger partial charge in [-0.3, -0.25) is 9.69 Å². The van der Waals surface area contributed by atoms with Crippen LogP contribution >= 0.6 is 35.3 Å². The third-order valence-corrected chi connectivity index (χ3v) is 4.55. The molecule has 1 saturated heterocycles. The third kappa shape index (κ3) is 2.86. The highest BCUT2D eigenvalue weighted by molar-refractivity contribution is 8.26. The first-order chi connectivity index (χ1) is 9.04. The Labute approximate surface area is 122 Å². The molecule has 5 nitrogen and oxygen atoms in total. The summed E-state index contributed by atoms with van der Waals surface area (Å²) >= 11 is 7.45. The zero-order valence-corrected chi connectivity index (χ0v) is 11.9. The van der Waals surface area contributed by atoms with Crippen molar-refractivity contribution in [1.29, 1.82) is 0 Å². The number of carbonyl (C=O) groups is 2. The van der Waals surface area contributed by atoms with Crippen LogP contribution in [-0.4, -0.2) is 38.9 Å². The second-order valence-electron chi connectivity index (χ2n) is 3.58. The van der Waals surface area contributed by atoms with Crippen molar-refractivity contribution in [2.24, 2.45) is 0 Å². The SMILES string of the molecule is O=C([O-])[C@@H](CO)N1C(=O)/C(=C\c2cccs2)SC1=S. The first-order valence-electron chi connectivity index (χ1n) is 5.17. The summed E-state index contributed by atoms with van der Waals surface area (Å²) in [5, 5.41) is 21.8. The Morgan fingerprint density at radius 3 is 2.89 bits per heavy atom. The molecule has 0 unspecified atom stereocenters. The Morgan fingerprint density at radius 1 is 1.63 bits per heavy atom. The number of rotatable bonds is 4. The lowest BCUT2D eigenvalue weighted by atomic mass is 10.2. The van der Waals surface area contributed by atoms with Crippen molar-refractivity contribution < 1.29 is 19.8 Å². The van der Waals surface area contributed by atoms with Gasteiger partial charge in [-0.05, 0) is 17.5 Å². The lowest BCUT2D eigenvalue weighted by Crippen LogP contribution is -2.51. The summed E-state index contributed by atoms with van der Waals surface area (Å²) in [7, 11) is 0. The molecule has 2 rings (SSSR count). The van der Waals surface area contributed by atoms with Gasteiger partial charge in [0.25, 0.3) is 5.91 Å². The number of hydrogen-bond acceptors (Lipinski definition) is 7. The Morgan fingerprint density at radius 2 is 2.37 bits per heavy atom. The van der Waals surface area contributed by atoms with Gasteiger partial charge in [-0.2, -0.15) is 0 Å². The van der Waals surface area contributed by atoms with Crippen LogP contribution in [0.25, 0.3) is 6.08 Å². The minimum atomic E-state index is -1.53. The Kier molecular flexibility index (Phi) is 4.35. The Hall–Kier alpha value is -1.22. The van der Waals surface area contributed by atoms with Crippen molar-refractivity contribution in [3.8, 4) is 0 Å². The smallest absolute Gasteiger partial charge is 0.266 e. The normalized spacial score (nSPS) is 19.2. The van der Waals surface area contributed by atoms with E-state index in [1.807, 2.05) is 17.5 Å². The van der Waals surface area contributed by atoms with E-state index in [2.05, 4.69) is 0 Å². The molecule has 1 aromatic heterocycles. The number of carboxylic acid groups (broad SMARTS) is 1. The second-order valence-corrected chi connectivity index (χ2v) is 6.24. The fraction of sp³-hybridized carbons (Fsp3) is 0.182. The highest BCUT2D eigenvalue weighted by Gasteiger charge is 2.37. The standard InChI is InChI=1S/C11H9NO4S3/c13-5-7(10(15)16)12-9(14)8(19-11(12)17)4-6-2-1-3-18-6/h1-4,7,13H,5H2,(H,15,16)/p-1/b8-4+/t7-/m1/s1. The molecular formula is C11H8NO4S3-. The molecule has 0 bridgehead atoms. The van der Waals surface area contributed by atoms with Crippen molar-refractivity contribution in [2.45, 2.75) is 6.04 Å². The molecule has 1 aliphatic heterocycles. The third-order valence-electron chi connectivity index (χ3n) is 2.40. The molecule has 0 aliphatic carbocycles. The van der Waals surface area contributed by atoms with Gasteiger partial charge in [0.15, 0.2) is 0 Å². The summed E-state index contributed by atoms with van der Waals surface area (Å²) in [5.74, 6) is -2.05. The predicted molar refractivity (Wildman–Crippen MR) is 75.2 cm³/mol. The summed E-state index contributed by atoms with van der Waals surface area (Å²) in [5.41, 5.74) is 0. The molecule has 1 fully saturated rings. The molecule has 1 aromatic rings. The van der Waals surface area contributed by atoms with Crippen LogP contribution in [0.3, 0.4) is 0 Å². The van der Waals surface area contributed by atoms with Crippen LogP contribution in [0.15, 0.2) is 22.4 Å². The van der Waals surface area contributed by atoms with Gasteiger partial charge >= 0.3 is 0 Å². The van der Waals surface area contributed by atoms with Crippen molar-refractivity contribution in [3.63, 3.8) is 0 Å². The Balaban J connectivity index is 2.28. The van der Waals surface area contributed by atoms with Gasteiger partial charge in [-0.25, -0.2) is 0 Å². The number of aliphatic hydroxyl groups excluding tert-OH is 1. The van der Waals surface area contributed by atoms with Crippen molar-refractivity contribution in [2.75, 3.05) is 6.61 Å². The van der Waals surface area contributed by atoms with Gasteiger partial charge in [-0.1, -0.05) is 30.0 Å². The summed E-state index contributed by atoms with van der Waals surface area (Å²) in [6.07, 6.45) is 1.65. The van der Waals surface area contributed by atoms with Crippen molar-refractivity contribution in [1.82, 2.24) is 4.90 Å². The van der Waals surface area contributed by atoms with Crippen LogP contribution in [0.4, 0.5) is 0 Å². The number of hydrogen-bond donors (Lipinski definition) is 1. The fourth-order valence-corrected chi connectivity index (χ4v) is 3.59. The van der Waals surface area contributed by atoms with Gasteiger partial charge in [0.1, 0.15) is 10.4 Å². The molecule has 0 aromatic carbocycles. The maximum absolute atomic E-state index is 12.1. The molecule has 0 radical (unpaired) electrons. The van der Waals surface area contributed by atoms with Gasteiger partial charge in [0.05, 0.1) is 17.5 Å². The number of aliphatic hydroxyl groups is 1. The summed E-state index contributed by atoms with van der Waals surface area (Å²) < 4.78 is 0.107. The topological polar surface area (TPSA) is 80.7 Å². The van der Waals surface area contributed by atoms with Crippen LogP contribution in [-0.2, 0) is 9.59 Å². The number of thiocarbonyl (C=S) groups is 1. The molecule has 19 heavy (non-hydrogen) atoms. The molecule has 1 amide bonds. The first kappa shape index (κ1) is 14.2. The number of thiophene rings is 1. The molecule has 1 atom stereocenters. The van der Waals surface area contributed by atoms with E-state index < -0.39 is 24.5 Å². The Bertz CT molecular complexity index is 552. The maximum Gasteiger partial charge on any atom is 0.266 e. The molecule has 1 aliphatic rings. The zero-order valence-electron chi connectivity index (χ0n) is 9.44. The van der Waals surface area contributed by atoms with Crippen LogP contribution < -0.4 is 5.11 Å². The lowest BCUT2D eigenvalue weighted by Gasteiger charge is -2.25. The highest BCUT2D eigenvalue weighted by atomic mass is 32.2. The minimum Gasteiger partial charge on any atom is -0.548 e. The van der Waals surface area contributed by atoms with Crippen LogP contribution in [0.1, 0.15) is 4.88 Å². The quantitative estimate of drug-likeness (QED) is 0.625. The number of nitrogens with zero attached hydrogens (tertiary/aromatic N) is 1. The maximum atomic E-state index is 12.1. The predicted octanol–water partition coefficient (Wildman–Crippen LogP) is 0.0601.